The van der Waals surface area contributed by atoms with Crippen molar-refractivity contribution in [2.45, 2.75) is 103 Å². The van der Waals surface area contributed by atoms with E-state index in [1.54, 1.807) is 30.3 Å². The van der Waals surface area contributed by atoms with E-state index in [1.807, 2.05) is 0 Å². The molecule has 0 heterocycles. The molecule has 1 rings (SSSR count). The first-order chi connectivity index (χ1) is 14.6. The van der Waals surface area contributed by atoms with Gasteiger partial charge in [0.15, 0.2) is 0 Å². The fourth-order valence-corrected chi connectivity index (χ4v) is 3.29. The quantitative estimate of drug-likeness (QED) is 0.0880. The standard InChI is InChI=1S/C24H38O6/c1-2-3-4-5-6-7-8-9-10-11-12-13-17-20-22(28-24(26)27)29-30-23(25)21-18-15-14-16-19-21/h14-16,18-19,22H,2-13,17,20H2,1H3,(H,26,27). The van der Waals surface area contributed by atoms with Crippen LogP contribution in [0.15, 0.2) is 30.3 Å². The minimum absolute atomic E-state index is 0.326. The van der Waals surface area contributed by atoms with Gasteiger partial charge in [0.1, 0.15) is 0 Å². The Balaban J connectivity index is 2.06. The SMILES string of the molecule is CCCCCCCCCCCCCCCC(OOC(=O)c1ccccc1)OC(=O)O. The molecule has 1 unspecified atom stereocenters. The first kappa shape index (κ1) is 26.0. The van der Waals surface area contributed by atoms with Crippen LogP contribution in [-0.2, 0) is 14.5 Å². The third kappa shape index (κ3) is 14.0. The molecule has 0 saturated carbocycles. The highest BCUT2D eigenvalue weighted by molar-refractivity contribution is 5.88. The van der Waals surface area contributed by atoms with Crippen molar-refractivity contribution in [3.8, 4) is 0 Å². The van der Waals surface area contributed by atoms with Crippen LogP contribution < -0.4 is 0 Å². The zero-order valence-electron chi connectivity index (χ0n) is 18.4. The summed E-state index contributed by atoms with van der Waals surface area (Å²) in [6, 6.07) is 8.37. The Morgan fingerprint density at radius 3 is 1.80 bits per heavy atom. The summed E-state index contributed by atoms with van der Waals surface area (Å²) in [6.45, 7) is 2.24. The summed E-state index contributed by atoms with van der Waals surface area (Å²) < 4.78 is 4.66. The number of carboxylic acid groups (broad SMARTS) is 1. The lowest BCUT2D eigenvalue weighted by Crippen LogP contribution is -2.22. The van der Waals surface area contributed by atoms with Gasteiger partial charge in [-0.1, -0.05) is 102 Å². The van der Waals surface area contributed by atoms with Crippen LogP contribution in [0.4, 0.5) is 4.79 Å². The fraction of sp³-hybridized carbons (Fsp3) is 0.667. The summed E-state index contributed by atoms with van der Waals surface area (Å²) in [6.07, 6.45) is 13.8. The van der Waals surface area contributed by atoms with Gasteiger partial charge in [0.25, 0.3) is 0 Å². The number of rotatable bonds is 18. The normalized spacial score (nSPS) is 11.8. The largest absolute Gasteiger partial charge is 0.508 e. The Labute approximate surface area is 180 Å². The summed E-state index contributed by atoms with van der Waals surface area (Å²) in [7, 11) is 0. The van der Waals surface area contributed by atoms with Crippen molar-refractivity contribution in [1.82, 2.24) is 0 Å². The Hall–Kier alpha value is -2.08. The maximum absolute atomic E-state index is 11.9. The minimum atomic E-state index is -1.45. The average molecular weight is 423 g/mol. The van der Waals surface area contributed by atoms with Crippen LogP contribution in [0.2, 0.25) is 0 Å². The number of carbonyl (C=O) groups excluding carboxylic acids is 1. The monoisotopic (exact) mass is 422 g/mol. The molecule has 1 N–H and O–H groups in total. The number of hydrogen-bond acceptors (Lipinski definition) is 5. The summed E-state index contributed by atoms with van der Waals surface area (Å²) >= 11 is 0. The van der Waals surface area contributed by atoms with Crippen molar-refractivity contribution >= 4 is 12.1 Å². The molecule has 1 aromatic rings. The zero-order chi connectivity index (χ0) is 21.9. The van der Waals surface area contributed by atoms with Crippen LogP contribution in [0.5, 0.6) is 0 Å². The van der Waals surface area contributed by atoms with E-state index in [4.69, 9.17) is 14.9 Å². The van der Waals surface area contributed by atoms with Gasteiger partial charge >= 0.3 is 12.1 Å². The maximum Gasteiger partial charge on any atom is 0.508 e. The van der Waals surface area contributed by atoms with Crippen LogP contribution >= 0.6 is 0 Å². The Morgan fingerprint density at radius 2 is 1.30 bits per heavy atom. The molecule has 1 aromatic carbocycles. The number of unbranched alkanes of at least 4 members (excludes halogenated alkanes) is 12. The van der Waals surface area contributed by atoms with Gasteiger partial charge < -0.3 is 9.84 Å². The molecule has 0 aromatic heterocycles. The molecule has 0 saturated heterocycles. The fourth-order valence-electron chi connectivity index (χ4n) is 3.29. The molecular formula is C24H38O6. The summed E-state index contributed by atoms with van der Waals surface area (Å²) in [5.41, 5.74) is 0.326. The second-order valence-electron chi connectivity index (χ2n) is 7.68. The molecule has 30 heavy (non-hydrogen) atoms. The molecule has 0 spiro atoms. The Kier molecular flexibility index (Phi) is 15.4. The van der Waals surface area contributed by atoms with Gasteiger partial charge in [-0.3, -0.25) is 4.89 Å². The van der Waals surface area contributed by atoms with Gasteiger partial charge in [-0.05, 0) is 18.6 Å². The van der Waals surface area contributed by atoms with E-state index >= 15 is 0 Å². The first-order valence-electron chi connectivity index (χ1n) is 11.5. The molecule has 0 aliphatic rings. The van der Waals surface area contributed by atoms with E-state index in [0.29, 0.717) is 12.0 Å². The van der Waals surface area contributed by atoms with Crippen LogP contribution in [0.1, 0.15) is 107 Å². The molecule has 1 atom stereocenters. The number of benzene rings is 1. The second kappa shape index (κ2) is 17.8. The van der Waals surface area contributed by atoms with Gasteiger partial charge in [-0.2, -0.15) is 0 Å². The Morgan fingerprint density at radius 1 is 0.800 bits per heavy atom. The number of carbonyl (C=O) groups is 2. The summed E-state index contributed by atoms with van der Waals surface area (Å²) in [4.78, 5) is 32.3. The van der Waals surface area contributed by atoms with E-state index in [-0.39, 0.29) is 0 Å². The number of hydrogen-bond donors (Lipinski definition) is 1. The second-order valence-corrected chi connectivity index (χ2v) is 7.68. The van der Waals surface area contributed by atoms with E-state index in [9.17, 15) is 9.59 Å². The van der Waals surface area contributed by atoms with Crippen LogP contribution in [0.3, 0.4) is 0 Å². The molecule has 0 bridgehead atoms. The van der Waals surface area contributed by atoms with Gasteiger partial charge in [-0.15, -0.1) is 4.89 Å². The summed E-state index contributed by atoms with van der Waals surface area (Å²) in [5.74, 6) is -0.681. The van der Waals surface area contributed by atoms with Gasteiger partial charge in [0.05, 0.1) is 5.56 Å². The minimum Gasteiger partial charge on any atom is -0.450 e. The van der Waals surface area contributed by atoms with Crippen molar-refractivity contribution in [3.05, 3.63) is 35.9 Å². The Bertz CT molecular complexity index is 560. The van der Waals surface area contributed by atoms with Gasteiger partial charge in [0, 0.05) is 6.42 Å². The van der Waals surface area contributed by atoms with Crippen molar-refractivity contribution in [1.29, 1.82) is 0 Å². The van der Waals surface area contributed by atoms with Crippen molar-refractivity contribution in [2.24, 2.45) is 0 Å². The number of ether oxygens (including phenoxy) is 1. The van der Waals surface area contributed by atoms with E-state index in [0.717, 1.165) is 19.3 Å². The van der Waals surface area contributed by atoms with E-state index < -0.39 is 18.4 Å². The first-order valence-corrected chi connectivity index (χ1v) is 11.5. The van der Waals surface area contributed by atoms with Crippen molar-refractivity contribution in [3.63, 3.8) is 0 Å². The molecule has 0 radical (unpaired) electrons. The molecule has 6 heteroatoms. The van der Waals surface area contributed by atoms with Crippen LogP contribution in [-0.4, -0.2) is 23.5 Å². The third-order valence-corrected chi connectivity index (χ3v) is 5.02. The van der Waals surface area contributed by atoms with Gasteiger partial charge in [-0.25, -0.2) is 9.59 Å². The summed E-state index contributed by atoms with van der Waals surface area (Å²) in [5, 5.41) is 8.83. The van der Waals surface area contributed by atoms with E-state index in [2.05, 4.69) is 11.7 Å². The lowest BCUT2D eigenvalue weighted by molar-refractivity contribution is -0.329. The molecule has 0 aliphatic carbocycles. The topological polar surface area (TPSA) is 82.1 Å². The molecule has 0 fully saturated rings. The van der Waals surface area contributed by atoms with Crippen LogP contribution in [0.25, 0.3) is 0 Å². The predicted octanol–water partition coefficient (Wildman–Crippen LogP) is 7.28. The van der Waals surface area contributed by atoms with E-state index in [1.165, 1.54) is 64.2 Å². The lowest BCUT2D eigenvalue weighted by atomic mass is 10.0. The van der Waals surface area contributed by atoms with Crippen LogP contribution in [0, 0.1) is 0 Å². The highest BCUT2D eigenvalue weighted by Crippen LogP contribution is 2.15. The smallest absolute Gasteiger partial charge is 0.450 e. The van der Waals surface area contributed by atoms with Crippen molar-refractivity contribution < 1.29 is 29.2 Å². The molecule has 170 valence electrons. The zero-order valence-corrected chi connectivity index (χ0v) is 18.4. The lowest BCUT2D eigenvalue weighted by Gasteiger charge is -2.14. The third-order valence-electron chi connectivity index (χ3n) is 5.02. The maximum atomic E-state index is 11.9. The van der Waals surface area contributed by atoms with Crippen molar-refractivity contribution in [2.75, 3.05) is 0 Å². The highest BCUT2D eigenvalue weighted by Gasteiger charge is 2.18. The highest BCUT2D eigenvalue weighted by atomic mass is 17.2. The van der Waals surface area contributed by atoms with Gasteiger partial charge in [0.2, 0.25) is 6.29 Å². The average Bonchev–Trinajstić information content (AvgIpc) is 2.75. The molecular weight excluding hydrogens is 384 g/mol. The molecule has 6 nitrogen and oxygen atoms in total. The molecule has 0 amide bonds. The predicted molar refractivity (Wildman–Crippen MR) is 116 cm³/mol. The molecule has 0 aliphatic heterocycles.